The Balaban J connectivity index is 1.21. The fourth-order valence-electron chi connectivity index (χ4n) is 6.91. The molecule has 36 heavy (non-hydrogen) atoms. The van der Waals surface area contributed by atoms with E-state index in [-0.39, 0.29) is 30.2 Å². The molecule has 1 aromatic heterocycles. The molecule has 202 valence electrons. The molecule has 1 amide bonds. The number of amides is 1. The van der Waals surface area contributed by atoms with Crippen LogP contribution in [0.25, 0.3) is 0 Å². The molecule has 2 saturated heterocycles. The molecule has 3 heterocycles. The SMILES string of the molecule is CC(C)N1CCN([C@H]2CCCC(F)(F)C2CC(=O)N2CCC(C)(c3nc4c(o3)CCCC4)CC2)CC1. The van der Waals surface area contributed by atoms with E-state index in [4.69, 9.17) is 9.40 Å². The Morgan fingerprint density at radius 2 is 1.72 bits per heavy atom. The zero-order valence-electron chi connectivity index (χ0n) is 22.4. The lowest BCUT2D eigenvalue weighted by molar-refractivity contribution is -0.151. The van der Waals surface area contributed by atoms with Gasteiger partial charge in [0.15, 0.2) is 0 Å². The molecule has 0 radical (unpaired) electrons. The van der Waals surface area contributed by atoms with Gasteiger partial charge in [-0.25, -0.2) is 13.8 Å². The van der Waals surface area contributed by atoms with Crippen LogP contribution >= 0.6 is 0 Å². The van der Waals surface area contributed by atoms with Crippen LogP contribution in [0.4, 0.5) is 8.78 Å². The highest BCUT2D eigenvalue weighted by Crippen LogP contribution is 2.44. The van der Waals surface area contributed by atoms with E-state index < -0.39 is 11.8 Å². The third-order valence-corrected chi connectivity index (χ3v) is 9.54. The van der Waals surface area contributed by atoms with Crippen LogP contribution in [0.2, 0.25) is 0 Å². The minimum atomic E-state index is -2.78. The Hall–Kier alpha value is -1.54. The van der Waals surface area contributed by atoms with Crippen LogP contribution in [0.15, 0.2) is 4.42 Å². The molecule has 6 nitrogen and oxygen atoms in total. The fraction of sp³-hybridized carbons (Fsp3) is 0.857. The van der Waals surface area contributed by atoms with Crippen molar-refractivity contribution < 1.29 is 18.0 Å². The van der Waals surface area contributed by atoms with Crippen molar-refractivity contribution in [1.29, 1.82) is 0 Å². The maximum atomic E-state index is 15.2. The molecular weight excluding hydrogens is 462 g/mol. The van der Waals surface area contributed by atoms with E-state index in [1.165, 1.54) is 0 Å². The summed E-state index contributed by atoms with van der Waals surface area (Å²) in [6, 6.07) is 0.268. The lowest BCUT2D eigenvalue weighted by Crippen LogP contribution is -2.58. The van der Waals surface area contributed by atoms with Crippen molar-refractivity contribution in [2.45, 2.75) is 108 Å². The molecule has 1 saturated carbocycles. The Bertz CT molecular complexity index is 893. The molecule has 2 aliphatic heterocycles. The zero-order chi connectivity index (χ0) is 25.5. The van der Waals surface area contributed by atoms with E-state index in [1.54, 1.807) is 0 Å². The Kier molecular flexibility index (Phi) is 7.47. The van der Waals surface area contributed by atoms with Crippen LogP contribution in [0.1, 0.15) is 89.5 Å². The normalized spacial score (nSPS) is 29.3. The van der Waals surface area contributed by atoms with Gasteiger partial charge in [0.05, 0.1) is 5.69 Å². The van der Waals surface area contributed by atoms with Crippen molar-refractivity contribution in [3.8, 4) is 0 Å². The fourth-order valence-corrected chi connectivity index (χ4v) is 6.91. The number of fused-ring (bicyclic) bond motifs is 1. The highest BCUT2D eigenvalue weighted by molar-refractivity contribution is 5.76. The first-order valence-corrected chi connectivity index (χ1v) is 14.3. The largest absolute Gasteiger partial charge is 0.445 e. The quantitative estimate of drug-likeness (QED) is 0.582. The topological polar surface area (TPSA) is 52.8 Å². The van der Waals surface area contributed by atoms with Crippen molar-refractivity contribution in [2.24, 2.45) is 5.92 Å². The molecule has 3 fully saturated rings. The van der Waals surface area contributed by atoms with Crippen molar-refractivity contribution in [3.63, 3.8) is 0 Å². The molecule has 2 aliphatic carbocycles. The number of carbonyl (C=O) groups is 1. The first-order valence-electron chi connectivity index (χ1n) is 14.3. The second kappa shape index (κ2) is 10.3. The number of rotatable bonds is 5. The predicted molar refractivity (Wildman–Crippen MR) is 135 cm³/mol. The molecule has 1 aromatic rings. The molecule has 4 aliphatic rings. The third-order valence-electron chi connectivity index (χ3n) is 9.54. The smallest absolute Gasteiger partial charge is 0.252 e. The standard InChI is InChI=1S/C28H44F2N4O2/c1-20(2)32-15-17-33(18-16-32)23-8-6-10-28(29,30)21(23)19-25(35)34-13-11-27(3,12-14-34)26-31-22-7-4-5-9-24(22)36-26/h20-21,23H,4-19H2,1-3H3/t21?,23-/m0/s1. The van der Waals surface area contributed by atoms with Gasteiger partial charge in [0.2, 0.25) is 11.8 Å². The maximum Gasteiger partial charge on any atom is 0.252 e. The molecule has 0 bridgehead atoms. The first-order chi connectivity index (χ1) is 17.2. The summed E-state index contributed by atoms with van der Waals surface area (Å²) in [5.74, 6) is -1.94. The highest BCUT2D eigenvalue weighted by Gasteiger charge is 2.50. The lowest BCUT2D eigenvalue weighted by Gasteiger charge is -2.47. The van der Waals surface area contributed by atoms with Crippen molar-refractivity contribution in [3.05, 3.63) is 17.3 Å². The van der Waals surface area contributed by atoms with E-state index in [2.05, 4.69) is 30.6 Å². The molecule has 2 atom stereocenters. The van der Waals surface area contributed by atoms with E-state index in [1.807, 2.05) is 4.90 Å². The number of piperidine rings is 1. The van der Waals surface area contributed by atoms with Crippen LogP contribution in [0.5, 0.6) is 0 Å². The number of hydrogen-bond donors (Lipinski definition) is 0. The second-order valence-corrected chi connectivity index (χ2v) is 12.2. The Morgan fingerprint density at radius 1 is 1.03 bits per heavy atom. The number of piperazine rings is 1. The third kappa shape index (κ3) is 5.22. The number of oxazole rings is 1. The van der Waals surface area contributed by atoms with Gasteiger partial charge in [-0.3, -0.25) is 14.6 Å². The lowest BCUT2D eigenvalue weighted by atomic mass is 9.77. The number of aryl methyl sites for hydroxylation is 2. The van der Waals surface area contributed by atoms with Crippen LogP contribution < -0.4 is 0 Å². The zero-order valence-corrected chi connectivity index (χ0v) is 22.4. The van der Waals surface area contributed by atoms with Crippen molar-refractivity contribution >= 4 is 5.91 Å². The molecule has 0 N–H and O–H groups in total. The van der Waals surface area contributed by atoms with Crippen molar-refractivity contribution in [1.82, 2.24) is 19.7 Å². The summed E-state index contributed by atoms with van der Waals surface area (Å²) in [4.78, 5) is 24.7. The second-order valence-electron chi connectivity index (χ2n) is 12.2. The van der Waals surface area contributed by atoms with Gasteiger partial charge in [0.1, 0.15) is 5.76 Å². The molecular formula is C28H44F2N4O2. The Labute approximate surface area is 214 Å². The van der Waals surface area contributed by atoms with Gasteiger partial charge in [0, 0.05) is 81.9 Å². The van der Waals surface area contributed by atoms with Crippen LogP contribution in [-0.2, 0) is 23.1 Å². The summed E-state index contributed by atoms with van der Waals surface area (Å²) in [5, 5.41) is 0. The van der Waals surface area contributed by atoms with E-state index in [0.29, 0.717) is 25.6 Å². The molecule has 0 spiro atoms. The average Bonchev–Trinajstić information content (AvgIpc) is 3.31. The average molecular weight is 507 g/mol. The van der Waals surface area contributed by atoms with Crippen LogP contribution in [0.3, 0.4) is 0 Å². The summed E-state index contributed by atoms with van der Waals surface area (Å²) in [5.41, 5.74) is 0.914. The summed E-state index contributed by atoms with van der Waals surface area (Å²) in [6.07, 6.45) is 6.96. The molecule has 1 unspecified atom stereocenters. The number of hydrogen-bond acceptors (Lipinski definition) is 5. The molecule has 8 heteroatoms. The van der Waals surface area contributed by atoms with Gasteiger partial charge < -0.3 is 9.32 Å². The minimum Gasteiger partial charge on any atom is -0.445 e. The van der Waals surface area contributed by atoms with Gasteiger partial charge in [-0.15, -0.1) is 0 Å². The number of halogens is 2. The minimum absolute atomic E-state index is 0.0495. The number of aromatic nitrogens is 1. The molecule has 5 rings (SSSR count). The van der Waals surface area contributed by atoms with Crippen LogP contribution in [-0.4, -0.2) is 82.9 Å². The summed E-state index contributed by atoms with van der Waals surface area (Å²) in [7, 11) is 0. The number of nitrogens with zero attached hydrogens (tertiary/aromatic N) is 4. The molecule has 0 aromatic carbocycles. The Morgan fingerprint density at radius 3 is 2.39 bits per heavy atom. The summed E-state index contributed by atoms with van der Waals surface area (Å²) in [6.45, 7) is 11.2. The monoisotopic (exact) mass is 506 g/mol. The van der Waals surface area contributed by atoms with Gasteiger partial charge in [-0.2, -0.15) is 0 Å². The van der Waals surface area contributed by atoms with Crippen molar-refractivity contribution in [2.75, 3.05) is 39.3 Å². The number of carbonyl (C=O) groups excluding carboxylic acids is 1. The highest BCUT2D eigenvalue weighted by atomic mass is 19.3. The maximum absolute atomic E-state index is 15.2. The number of alkyl halides is 2. The van der Waals surface area contributed by atoms with Gasteiger partial charge in [-0.05, 0) is 58.8 Å². The van der Waals surface area contributed by atoms with Gasteiger partial charge in [0.25, 0.3) is 5.92 Å². The van der Waals surface area contributed by atoms with E-state index in [0.717, 1.165) is 88.5 Å². The first kappa shape index (κ1) is 26.1. The predicted octanol–water partition coefficient (Wildman–Crippen LogP) is 4.65. The summed E-state index contributed by atoms with van der Waals surface area (Å²) < 4.78 is 36.6. The van der Waals surface area contributed by atoms with Gasteiger partial charge >= 0.3 is 0 Å². The number of likely N-dealkylation sites (tertiary alicyclic amines) is 1. The van der Waals surface area contributed by atoms with E-state index >= 15 is 8.78 Å². The van der Waals surface area contributed by atoms with Gasteiger partial charge in [-0.1, -0.05) is 6.92 Å². The summed E-state index contributed by atoms with van der Waals surface area (Å²) >= 11 is 0. The van der Waals surface area contributed by atoms with E-state index in [9.17, 15) is 4.79 Å². The van der Waals surface area contributed by atoms with Crippen LogP contribution in [0, 0.1) is 5.92 Å².